The van der Waals surface area contributed by atoms with Crippen LogP contribution in [0, 0.1) is 0 Å². The van der Waals surface area contributed by atoms with Crippen molar-refractivity contribution < 1.29 is 22.3 Å². The van der Waals surface area contributed by atoms with E-state index in [1.807, 2.05) is 0 Å². The lowest BCUT2D eigenvalue weighted by atomic mass is 10.1. The van der Waals surface area contributed by atoms with Gasteiger partial charge >= 0.3 is 13.2 Å². The van der Waals surface area contributed by atoms with E-state index >= 15 is 0 Å². The van der Waals surface area contributed by atoms with Crippen molar-refractivity contribution in [2.45, 2.75) is 25.6 Å². The van der Waals surface area contributed by atoms with E-state index in [2.05, 4.69) is 46.3 Å². The normalized spacial score (nSPS) is 12.9. The van der Waals surface area contributed by atoms with Crippen molar-refractivity contribution in [2.75, 3.05) is 6.61 Å². The number of hydrogen-bond donors (Lipinski definition) is 0. The monoisotopic (exact) mass is 449 g/mol. The third kappa shape index (κ3) is 4.66. The summed E-state index contributed by atoms with van der Waals surface area (Å²) in [5.74, 6) is 0. The van der Waals surface area contributed by atoms with Crippen molar-refractivity contribution in [3.05, 3.63) is 40.9 Å². The van der Waals surface area contributed by atoms with Crippen molar-refractivity contribution in [2.24, 2.45) is 0 Å². The van der Waals surface area contributed by atoms with E-state index in [1.165, 1.54) is 10.9 Å². The van der Waals surface area contributed by atoms with Crippen LogP contribution in [0.5, 0.6) is 0 Å². The Morgan fingerprint density at radius 3 is 2.59 bits per heavy atom. The molecule has 0 N–H and O–H groups in total. The molecule has 0 saturated carbocycles. The Hall–Kier alpha value is -2.41. The Morgan fingerprint density at radius 2 is 1.93 bits per heavy atom. The van der Waals surface area contributed by atoms with Gasteiger partial charge in [-0.1, -0.05) is 10.4 Å². The second-order valence-electron chi connectivity index (χ2n) is 5.26. The maximum atomic E-state index is 13.0. The van der Waals surface area contributed by atoms with Crippen LogP contribution in [0.4, 0.5) is 17.6 Å². The first kappa shape index (κ1) is 19.4. The number of nitrogens with zero attached hydrogens (tertiary/aromatic N) is 7. The Morgan fingerprint density at radius 1 is 1.11 bits per heavy atom. The highest BCUT2D eigenvalue weighted by Gasteiger charge is 2.21. The molecule has 0 bridgehead atoms. The minimum Gasteiger partial charge on any atom is -0.323 e. The molecule has 0 spiro atoms. The van der Waals surface area contributed by atoms with Crippen LogP contribution in [0.25, 0.3) is 11.4 Å². The average Bonchev–Trinajstić information content (AvgIpc) is 3.28. The quantitative estimate of drug-likeness (QED) is 0.490. The van der Waals surface area contributed by atoms with Gasteiger partial charge in [0.25, 0.3) is 0 Å². The number of aromatic nitrogens is 7. The maximum absolute atomic E-state index is 13.0. The molecule has 0 saturated heterocycles. The highest BCUT2D eigenvalue weighted by molar-refractivity contribution is 9.10. The highest BCUT2D eigenvalue weighted by atomic mass is 79.9. The largest absolute Gasteiger partial charge is 0.345 e. The van der Waals surface area contributed by atoms with Crippen LogP contribution in [-0.2, 0) is 4.74 Å². The van der Waals surface area contributed by atoms with E-state index < -0.39 is 19.2 Å². The predicted octanol–water partition coefficient (Wildman–Crippen LogP) is 3.31. The molecule has 0 radical (unpaired) electrons. The second kappa shape index (κ2) is 8.52. The molecule has 0 aliphatic rings. The third-order valence-electron chi connectivity index (χ3n) is 3.58. The fourth-order valence-corrected chi connectivity index (χ4v) is 2.62. The van der Waals surface area contributed by atoms with Crippen LogP contribution in [-0.4, -0.2) is 48.2 Å². The fourth-order valence-electron chi connectivity index (χ4n) is 2.39. The molecular formula is C14H12BrF4N7O. The molecule has 0 amide bonds. The Balaban J connectivity index is 1.89. The van der Waals surface area contributed by atoms with Crippen LogP contribution >= 0.6 is 15.9 Å². The van der Waals surface area contributed by atoms with Gasteiger partial charge in [-0.3, -0.25) is 4.98 Å². The summed E-state index contributed by atoms with van der Waals surface area (Å²) < 4.78 is 57.3. The first-order chi connectivity index (χ1) is 13.0. The van der Waals surface area contributed by atoms with Gasteiger partial charge in [0.05, 0.1) is 30.7 Å². The number of hydrogen-bond acceptors (Lipinski definition) is 6. The summed E-state index contributed by atoms with van der Waals surface area (Å²) in [5, 5.41) is 14.5. The molecule has 0 aliphatic carbocycles. The van der Waals surface area contributed by atoms with E-state index in [0.717, 1.165) is 10.7 Å². The first-order valence-electron chi connectivity index (χ1n) is 7.57. The Bertz CT molecular complexity index is 870. The molecule has 1 atom stereocenters. The Kier molecular flexibility index (Phi) is 6.11. The number of pyridine rings is 1. The van der Waals surface area contributed by atoms with Crippen molar-refractivity contribution >= 4 is 15.9 Å². The lowest BCUT2D eigenvalue weighted by Gasteiger charge is -2.16. The van der Waals surface area contributed by atoms with E-state index in [-0.39, 0.29) is 24.4 Å². The van der Waals surface area contributed by atoms with Gasteiger partial charge in [-0.2, -0.15) is 22.2 Å². The van der Waals surface area contributed by atoms with E-state index in [4.69, 9.17) is 0 Å². The number of alkyl halides is 4. The second-order valence-corrected chi connectivity index (χ2v) is 6.18. The maximum Gasteiger partial charge on any atom is 0.345 e. The van der Waals surface area contributed by atoms with E-state index in [9.17, 15) is 17.6 Å². The van der Waals surface area contributed by atoms with Gasteiger partial charge in [0, 0.05) is 10.7 Å². The zero-order valence-corrected chi connectivity index (χ0v) is 15.0. The molecule has 13 heteroatoms. The van der Waals surface area contributed by atoms with Crippen LogP contribution in [0.1, 0.15) is 24.7 Å². The molecular weight excluding hydrogens is 438 g/mol. The molecule has 0 aromatic carbocycles. The molecule has 3 aromatic heterocycles. The molecule has 1 unspecified atom stereocenters. The number of ether oxygens (including phenoxy) is 1. The molecule has 144 valence electrons. The van der Waals surface area contributed by atoms with Crippen molar-refractivity contribution in [3.63, 3.8) is 0 Å². The van der Waals surface area contributed by atoms with Gasteiger partial charge in [0.2, 0.25) is 0 Å². The van der Waals surface area contributed by atoms with Gasteiger partial charge in [-0.25, -0.2) is 4.68 Å². The first-order valence-corrected chi connectivity index (χ1v) is 8.36. The average molecular weight is 450 g/mol. The van der Waals surface area contributed by atoms with Crippen LogP contribution < -0.4 is 0 Å². The number of halogens is 5. The topological polar surface area (TPSA) is 83.5 Å². The van der Waals surface area contributed by atoms with Gasteiger partial charge < -0.3 is 4.74 Å². The standard InChI is InChI=1S/C14H12BrF4N7O/c15-8-1-2-9(20-5-8)11(3-4-27-14(18)19)25-7-10(22-24-25)12-6-21-23-26(12)13(16)17/h1-2,5-7,11,13-14H,3-4H2. The fraction of sp³-hybridized carbons (Fsp3) is 0.357. The van der Waals surface area contributed by atoms with Gasteiger partial charge in [-0.15, -0.1) is 10.2 Å². The predicted molar refractivity (Wildman–Crippen MR) is 86.9 cm³/mol. The minimum absolute atomic E-state index is 0.0254. The van der Waals surface area contributed by atoms with Crippen LogP contribution in [0.2, 0.25) is 0 Å². The zero-order chi connectivity index (χ0) is 19.4. The van der Waals surface area contributed by atoms with Gasteiger partial charge in [-0.05, 0) is 34.5 Å². The van der Waals surface area contributed by atoms with Gasteiger partial charge in [0.15, 0.2) is 0 Å². The molecule has 3 heterocycles. The summed E-state index contributed by atoms with van der Waals surface area (Å²) in [6.07, 6.45) is 4.19. The Labute approximate surface area is 158 Å². The lowest BCUT2D eigenvalue weighted by molar-refractivity contribution is -0.130. The van der Waals surface area contributed by atoms with Crippen LogP contribution in [0.15, 0.2) is 35.2 Å². The molecule has 3 aromatic rings. The molecule has 3 rings (SSSR count). The zero-order valence-electron chi connectivity index (χ0n) is 13.5. The summed E-state index contributed by atoms with van der Waals surface area (Å²) in [6, 6.07) is 2.83. The van der Waals surface area contributed by atoms with E-state index in [1.54, 1.807) is 18.3 Å². The molecule has 0 fully saturated rings. The summed E-state index contributed by atoms with van der Waals surface area (Å²) in [4.78, 5) is 4.24. The van der Waals surface area contributed by atoms with E-state index in [0.29, 0.717) is 10.4 Å². The highest BCUT2D eigenvalue weighted by Crippen LogP contribution is 2.25. The SMILES string of the molecule is FC(F)OCCC(c1ccc(Br)cn1)n1cc(-c2cnnn2C(F)F)nn1. The third-order valence-corrected chi connectivity index (χ3v) is 4.05. The van der Waals surface area contributed by atoms with Crippen LogP contribution in [0.3, 0.4) is 0 Å². The summed E-state index contributed by atoms with van der Waals surface area (Å²) in [5.41, 5.74) is 0.604. The van der Waals surface area contributed by atoms with Crippen molar-refractivity contribution in [3.8, 4) is 11.4 Å². The summed E-state index contributed by atoms with van der Waals surface area (Å²) in [7, 11) is 0. The molecule has 8 nitrogen and oxygen atoms in total. The lowest BCUT2D eigenvalue weighted by Crippen LogP contribution is -2.16. The molecule has 0 aliphatic heterocycles. The molecule has 27 heavy (non-hydrogen) atoms. The minimum atomic E-state index is -2.90. The smallest absolute Gasteiger partial charge is 0.323 e. The summed E-state index contributed by atoms with van der Waals surface area (Å²) >= 11 is 3.27. The summed E-state index contributed by atoms with van der Waals surface area (Å²) in [6.45, 7) is -6.05. The van der Waals surface area contributed by atoms with Crippen molar-refractivity contribution in [1.82, 2.24) is 35.0 Å². The van der Waals surface area contributed by atoms with Gasteiger partial charge in [0.1, 0.15) is 11.4 Å². The number of rotatable bonds is 8. The van der Waals surface area contributed by atoms with Crippen molar-refractivity contribution in [1.29, 1.82) is 0 Å².